The molecule has 0 amide bonds. The number of ether oxygens (including phenoxy) is 1. The van der Waals surface area contributed by atoms with E-state index in [0.29, 0.717) is 11.7 Å². The number of hydrogen-bond donors (Lipinski definition) is 1. The van der Waals surface area contributed by atoms with Crippen LogP contribution in [0.1, 0.15) is 35.8 Å². The lowest BCUT2D eigenvalue weighted by molar-refractivity contribution is 0.0693. The summed E-state index contributed by atoms with van der Waals surface area (Å²) >= 11 is 0. The highest BCUT2D eigenvalue weighted by Crippen LogP contribution is 2.23. The normalized spacial score (nSPS) is 10.7. The van der Waals surface area contributed by atoms with Gasteiger partial charge in [-0.05, 0) is 24.1 Å². The Balaban J connectivity index is 2.44. The minimum Gasteiger partial charge on any atom is -0.496 e. The second kappa shape index (κ2) is 5.14. The number of benzene rings is 1. The fraction of sp³-hybridized carbons (Fsp3) is 0.286. The zero-order chi connectivity index (χ0) is 14.0. The van der Waals surface area contributed by atoms with E-state index >= 15 is 0 Å². The molecule has 0 bridgehead atoms. The van der Waals surface area contributed by atoms with Gasteiger partial charge in [0.2, 0.25) is 0 Å². The van der Waals surface area contributed by atoms with Crippen LogP contribution >= 0.6 is 0 Å². The van der Waals surface area contributed by atoms with E-state index in [1.54, 1.807) is 29.1 Å². The Bertz CT molecular complexity index is 602. The molecule has 0 atom stereocenters. The Morgan fingerprint density at radius 2 is 2.16 bits per heavy atom. The van der Waals surface area contributed by atoms with E-state index in [4.69, 9.17) is 9.84 Å². The summed E-state index contributed by atoms with van der Waals surface area (Å²) < 4.78 is 6.84. The molecule has 1 heterocycles. The van der Waals surface area contributed by atoms with Crippen LogP contribution in [-0.2, 0) is 0 Å². The molecule has 5 heteroatoms. The molecular formula is C14H16N2O3. The fourth-order valence-electron chi connectivity index (χ4n) is 1.80. The van der Waals surface area contributed by atoms with Crippen LogP contribution in [0.25, 0.3) is 5.69 Å². The Kier molecular flexibility index (Phi) is 3.55. The fourth-order valence-corrected chi connectivity index (χ4v) is 1.80. The summed E-state index contributed by atoms with van der Waals surface area (Å²) in [5, 5.41) is 9.16. The van der Waals surface area contributed by atoms with Gasteiger partial charge < -0.3 is 14.4 Å². The maximum absolute atomic E-state index is 11.2. The third-order valence-electron chi connectivity index (χ3n) is 2.91. The highest BCUT2D eigenvalue weighted by molar-refractivity contribution is 5.91. The molecule has 0 unspecified atom stereocenters. The van der Waals surface area contributed by atoms with Crippen LogP contribution in [0.3, 0.4) is 0 Å². The predicted octanol–water partition coefficient (Wildman–Crippen LogP) is 2.70. The van der Waals surface area contributed by atoms with Gasteiger partial charge >= 0.3 is 5.97 Å². The van der Waals surface area contributed by atoms with E-state index in [-0.39, 0.29) is 5.56 Å². The van der Waals surface area contributed by atoms with Crippen molar-refractivity contribution in [3.8, 4) is 11.4 Å². The number of aromatic nitrogens is 2. The van der Waals surface area contributed by atoms with Crippen LogP contribution in [0.2, 0.25) is 0 Å². The molecule has 0 spiro atoms. The van der Waals surface area contributed by atoms with E-state index in [1.807, 2.05) is 6.20 Å². The highest BCUT2D eigenvalue weighted by atomic mass is 16.5. The molecule has 0 aliphatic heterocycles. The van der Waals surface area contributed by atoms with Crippen molar-refractivity contribution < 1.29 is 14.6 Å². The zero-order valence-electron chi connectivity index (χ0n) is 11.1. The summed E-state index contributed by atoms with van der Waals surface area (Å²) in [6.07, 6.45) is 3.58. The van der Waals surface area contributed by atoms with Crippen molar-refractivity contribution in [3.63, 3.8) is 0 Å². The largest absolute Gasteiger partial charge is 0.496 e. The smallest absolute Gasteiger partial charge is 0.339 e. The van der Waals surface area contributed by atoms with Crippen molar-refractivity contribution in [1.29, 1.82) is 0 Å². The number of carbonyl (C=O) groups is 1. The molecule has 1 aromatic carbocycles. The van der Waals surface area contributed by atoms with Crippen molar-refractivity contribution in [2.75, 3.05) is 7.11 Å². The molecule has 100 valence electrons. The van der Waals surface area contributed by atoms with Crippen LogP contribution in [0.5, 0.6) is 5.75 Å². The van der Waals surface area contributed by atoms with Gasteiger partial charge in [0.25, 0.3) is 0 Å². The first-order valence-corrected chi connectivity index (χ1v) is 5.98. The van der Waals surface area contributed by atoms with Crippen molar-refractivity contribution in [3.05, 3.63) is 42.0 Å². The topological polar surface area (TPSA) is 64.4 Å². The number of aromatic carboxylic acids is 1. The van der Waals surface area contributed by atoms with Gasteiger partial charge in [0.05, 0.1) is 19.1 Å². The number of carboxylic acid groups (broad SMARTS) is 1. The predicted molar refractivity (Wildman–Crippen MR) is 71.2 cm³/mol. The molecule has 0 saturated carbocycles. The van der Waals surface area contributed by atoms with Crippen LogP contribution in [0, 0.1) is 0 Å². The lowest BCUT2D eigenvalue weighted by Crippen LogP contribution is -2.02. The Labute approximate surface area is 111 Å². The second-order valence-electron chi connectivity index (χ2n) is 4.55. The summed E-state index contributed by atoms with van der Waals surface area (Å²) in [5.41, 5.74) is 1.85. The van der Waals surface area contributed by atoms with Crippen LogP contribution in [0.15, 0.2) is 30.7 Å². The first-order chi connectivity index (χ1) is 9.02. The van der Waals surface area contributed by atoms with Crippen molar-refractivity contribution in [2.24, 2.45) is 0 Å². The molecule has 2 rings (SSSR count). The van der Waals surface area contributed by atoms with E-state index in [9.17, 15) is 4.79 Å². The molecule has 0 aliphatic rings. The van der Waals surface area contributed by atoms with E-state index in [1.165, 1.54) is 7.11 Å². The number of methoxy groups -OCH3 is 1. The molecular weight excluding hydrogens is 244 g/mol. The minimum absolute atomic E-state index is 0.139. The average Bonchev–Trinajstić information content (AvgIpc) is 2.87. The quantitative estimate of drug-likeness (QED) is 0.918. The first kappa shape index (κ1) is 13.1. The molecule has 1 aromatic heterocycles. The number of carboxylic acids is 1. The molecule has 2 aromatic rings. The van der Waals surface area contributed by atoms with Gasteiger partial charge in [-0.3, -0.25) is 0 Å². The number of rotatable bonds is 4. The minimum atomic E-state index is -1.01. The standard InChI is InChI=1S/C14H16N2O3/c1-9(2)12-7-16(8-15-12)10-4-5-13(19-3)11(6-10)14(17)18/h4-9H,1-3H3,(H,17,18). The number of hydrogen-bond acceptors (Lipinski definition) is 3. The third-order valence-corrected chi connectivity index (χ3v) is 2.91. The molecule has 19 heavy (non-hydrogen) atoms. The number of imidazole rings is 1. The molecule has 5 nitrogen and oxygen atoms in total. The van der Waals surface area contributed by atoms with E-state index in [0.717, 1.165) is 11.4 Å². The summed E-state index contributed by atoms with van der Waals surface area (Å²) in [5.74, 6) is -0.332. The lowest BCUT2D eigenvalue weighted by Gasteiger charge is -2.08. The second-order valence-corrected chi connectivity index (χ2v) is 4.55. The summed E-state index contributed by atoms with van der Waals surface area (Å²) in [7, 11) is 1.45. The van der Waals surface area contributed by atoms with Gasteiger partial charge in [0.1, 0.15) is 11.3 Å². The molecule has 0 saturated heterocycles. The maximum Gasteiger partial charge on any atom is 0.339 e. The van der Waals surface area contributed by atoms with E-state index in [2.05, 4.69) is 18.8 Å². The Hall–Kier alpha value is -2.30. The van der Waals surface area contributed by atoms with Crippen LogP contribution in [-0.4, -0.2) is 27.7 Å². The summed E-state index contributed by atoms with van der Waals surface area (Å²) in [4.78, 5) is 15.5. The number of nitrogens with zero attached hydrogens (tertiary/aromatic N) is 2. The van der Waals surface area contributed by atoms with Crippen molar-refractivity contribution in [1.82, 2.24) is 9.55 Å². The van der Waals surface area contributed by atoms with E-state index < -0.39 is 5.97 Å². The molecule has 0 aliphatic carbocycles. The Morgan fingerprint density at radius 3 is 2.68 bits per heavy atom. The van der Waals surface area contributed by atoms with Gasteiger partial charge in [-0.25, -0.2) is 9.78 Å². The lowest BCUT2D eigenvalue weighted by atomic mass is 10.1. The van der Waals surface area contributed by atoms with Gasteiger partial charge in [-0.15, -0.1) is 0 Å². The first-order valence-electron chi connectivity index (χ1n) is 5.98. The third kappa shape index (κ3) is 2.59. The van der Waals surface area contributed by atoms with Gasteiger partial charge in [-0.1, -0.05) is 13.8 Å². The average molecular weight is 260 g/mol. The molecule has 0 fully saturated rings. The zero-order valence-corrected chi connectivity index (χ0v) is 11.1. The Morgan fingerprint density at radius 1 is 1.42 bits per heavy atom. The van der Waals surface area contributed by atoms with Gasteiger partial charge in [-0.2, -0.15) is 0 Å². The van der Waals surface area contributed by atoms with Crippen LogP contribution < -0.4 is 4.74 Å². The molecule has 1 N–H and O–H groups in total. The molecule has 0 radical (unpaired) electrons. The summed E-state index contributed by atoms with van der Waals surface area (Å²) in [6, 6.07) is 5.03. The van der Waals surface area contributed by atoms with Gasteiger partial charge in [0.15, 0.2) is 0 Å². The van der Waals surface area contributed by atoms with Gasteiger partial charge in [0, 0.05) is 11.9 Å². The monoisotopic (exact) mass is 260 g/mol. The van der Waals surface area contributed by atoms with Crippen molar-refractivity contribution in [2.45, 2.75) is 19.8 Å². The maximum atomic E-state index is 11.2. The SMILES string of the molecule is COc1ccc(-n2cnc(C(C)C)c2)cc1C(=O)O. The highest BCUT2D eigenvalue weighted by Gasteiger charge is 2.13. The van der Waals surface area contributed by atoms with Crippen LogP contribution in [0.4, 0.5) is 0 Å². The van der Waals surface area contributed by atoms with Crippen molar-refractivity contribution >= 4 is 5.97 Å². The summed E-state index contributed by atoms with van der Waals surface area (Å²) in [6.45, 7) is 4.12.